The molecule has 1 aromatic rings. The molecule has 0 spiro atoms. The summed E-state index contributed by atoms with van der Waals surface area (Å²) in [6, 6.07) is 12.0. The molecule has 4 nitrogen and oxygen atoms in total. The summed E-state index contributed by atoms with van der Waals surface area (Å²) in [6.07, 6.45) is 3.36. The van der Waals surface area contributed by atoms with E-state index in [2.05, 4.69) is 4.74 Å². The number of hydrogen-bond donors (Lipinski definition) is 0. The number of carbonyl (C=O) groups excluding carboxylic acids is 2. The van der Waals surface area contributed by atoms with Crippen molar-refractivity contribution >= 4 is 12.0 Å². The Morgan fingerprint density at radius 2 is 1.83 bits per heavy atom. The summed E-state index contributed by atoms with van der Waals surface area (Å²) >= 11 is 0. The lowest BCUT2D eigenvalue weighted by Gasteiger charge is -2.05. The summed E-state index contributed by atoms with van der Waals surface area (Å²) < 4.78 is 4.60. The van der Waals surface area contributed by atoms with Gasteiger partial charge in [-0.2, -0.15) is 0 Å². The number of ether oxygens (including phenoxy) is 1. The molecule has 4 heteroatoms. The van der Waals surface area contributed by atoms with Gasteiger partial charge in [0.25, 0.3) is 5.91 Å². The molecule has 1 aliphatic heterocycles. The highest BCUT2D eigenvalue weighted by molar-refractivity contribution is 5.99. The Hall–Kier alpha value is -2.10. The Bertz CT molecular complexity index is 374. The monoisotopic (exact) mass is 247 g/mol. The minimum Gasteiger partial charge on any atom is -0.447 e. The predicted octanol–water partition coefficient (Wildman–Crippen LogP) is 2.62. The Balaban J connectivity index is 0.000000225. The first kappa shape index (κ1) is 14.0. The number of carbonyl (C=O) groups is 2. The van der Waals surface area contributed by atoms with Crippen molar-refractivity contribution in [2.24, 2.45) is 0 Å². The first-order chi connectivity index (χ1) is 8.75. The van der Waals surface area contributed by atoms with Gasteiger partial charge in [0.05, 0.1) is 6.54 Å². The number of rotatable bonds is 2. The molecular weight excluding hydrogens is 230 g/mol. The van der Waals surface area contributed by atoms with Crippen molar-refractivity contribution in [2.45, 2.75) is 13.3 Å². The molecule has 0 atom stereocenters. The maximum atomic E-state index is 11.2. The van der Waals surface area contributed by atoms with E-state index < -0.39 is 6.09 Å². The van der Waals surface area contributed by atoms with Crippen LogP contribution in [-0.4, -0.2) is 30.1 Å². The topological polar surface area (TPSA) is 46.6 Å². The van der Waals surface area contributed by atoms with Crippen molar-refractivity contribution in [3.8, 4) is 0 Å². The van der Waals surface area contributed by atoms with Crippen molar-refractivity contribution in [2.75, 3.05) is 13.2 Å². The van der Waals surface area contributed by atoms with Gasteiger partial charge >= 0.3 is 6.09 Å². The first-order valence-electron chi connectivity index (χ1n) is 5.90. The first-order valence-corrected chi connectivity index (χ1v) is 5.90. The molecule has 1 aromatic carbocycles. The average molecular weight is 247 g/mol. The SMILES string of the molecule is CC/C=C/C(=O)N1CCOC1=O.c1ccccc1. The van der Waals surface area contributed by atoms with E-state index in [4.69, 9.17) is 0 Å². The van der Waals surface area contributed by atoms with Crippen LogP contribution in [0.5, 0.6) is 0 Å². The van der Waals surface area contributed by atoms with Crippen LogP contribution in [0.2, 0.25) is 0 Å². The van der Waals surface area contributed by atoms with Crippen molar-refractivity contribution in [3.05, 3.63) is 48.6 Å². The second-order valence-corrected chi connectivity index (χ2v) is 3.57. The highest BCUT2D eigenvalue weighted by Gasteiger charge is 2.26. The molecule has 0 bridgehead atoms. The van der Waals surface area contributed by atoms with Crippen LogP contribution in [0.3, 0.4) is 0 Å². The van der Waals surface area contributed by atoms with Crippen molar-refractivity contribution < 1.29 is 14.3 Å². The van der Waals surface area contributed by atoms with E-state index in [1.54, 1.807) is 6.08 Å². The average Bonchev–Trinajstić information content (AvgIpc) is 2.85. The van der Waals surface area contributed by atoms with Gasteiger partial charge in [-0.05, 0) is 12.5 Å². The molecule has 0 N–H and O–H groups in total. The van der Waals surface area contributed by atoms with Gasteiger partial charge in [0.15, 0.2) is 0 Å². The highest BCUT2D eigenvalue weighted by atomic mass is 16.6. The van der Waals surface area contributed by atoms with E-state index in [1.165, 1.54) is 6.08 Å². The van der Waals surface area contributed by atoms with Crippen molar-refractivity contribution in [1.29, 1.82) is 0 Å². The molecule has 0 radical (unpaired) electrons. The zero-order valence-corrected chi connectivity index (χ0v) is 10.4. The van der Waals surface area contributed by atoms with E-state index >= 15 is 0 Å². The van der Waals surface area contributed by atoms with E-state index in [1.807, 2.05) is 43.3 Å². The summed E-state index contributed by atoms with van der Waals surface area (Å²) in [5, 5.41) is 0. The molecule has 2 rings (SSSR count). The summed E-state index contributed by atoms with van der Waals surface area (Å²) in [4.78, 5) is 23.1. The molecule has 1 saturated heterocycles. The van der Waals surface area contributed by atoms with Gasteiger partial charge < -0.3 is 4.74 Å². The van der Waals surface area contributed by atoms with Gasteiger partial charge in [0, 0.05) is 0 Å². The molecule has 1 fully saturated rings. The molecule has 96 valence electrons. The molecule has 0 saturated carbocycles. The smallest absolute Gasteiger partial charge is 0.416 e. The van der Waals surface area contributed by atoms with Crippen LogP contribution in [-0.2, 0) is 9.53 Å². The minimum atomic E-state index is -0.541. The predicted molar refractivity (Wildman–Crippen MR) is 68.9 cm³/mol. The maximum absolute atomic E-state index is 11.2. The van der Waals surface area contributed by atoms with E-state index in [-0.39, 0.29) is 5.91 Å². The third-order valence-corrected chi connectivity index (χ3v) is 2.19. The fourth-order valence-electron chi connectivity index (χ4n) is 1.29. The van der Waals surface area contributed by atoms with Crippen LogP contribution >= 0.6 is 0 Å². The van der Waals surface area contributed by atoms with Gasteiger partial charge in [0.1, 0.15) is 6.61 Å². The third kappa shape index (κ3) is 4.82. The van der Waals surface area contributed by atoms with Crippen molar-refractivity contribution in [3.63, 3.8) is 0 Å². The number of nitrogens with zero attached hydrogens (tertiary/aromatic N) is 1. The van der Waals surface area contributed by atoms with Gasteiger partial charge in [-0.15, -0.1) is 0 Å². The second kappa shape index (κ2) is 8.06. The lowest BCUT2D eigenvalue weighted by molar-refractivity contribution is -0.122. The molecule has 0 aromatic heterocycles. The Labute approximate surface area is 107 Å². The quantitative estimate of drug-likeness (QED) is 0.755. The Kier molecular flexibility index (Phi) is 6.25. The molecule has 0 aliphatic carbocycles. The van der Waals surface area contributed by atoms with Crippen LogP contribution < -0.4 is 0 Å². The number of hydrogen-bond acceptors (Lipinski definition) is 3. The van der Waals surface area contributed by atoms with Crippen LogP contribution in [0, 0.1) is 0 Å². The summed E-state index contributed by atoms with van der Waals surface area (Å²) in [5.41, 5.74) is 0. The summed E-state index contributed by atoms with van der Waals surface area (Å²) in [5.74, 6) is -0.292. The van der Waals surface area contributed by atoms with E-state index in [0.717, 1.165) is 11.3 Å². The molecule has 2 amide bonds. The fraction of sp³-hybridized carbons (Fsp3) is 0.286. The van der Waals surface area contributed by atoms with Crippen LogP contribution in [0.1, 0.15) is 13.3 Å². The van der Waals surface area contributed by atoms with E-state index in [0.29, 0.717) is 13.2 Å². The lowest BCUT2D eigenvalue weighted by atomic mass is 10.4. The summed E-state index contributed by atoms with van der Waals surface area (Å²) in [6.45, 7) is 2.60. The molecule has 1 heterocycles. The lowest BCUT2D eigenvalue weighted by Crippen LogP contribution is -2.29. The molecule has 0 unspecified atom stereocenters. The number of cyclic esters (lactones) is 1. The standard InChI is InChI=1S/C8H11NO3.C6H6/c1-2-3-4-7(10)9-5-6-12-8(9)11;1-2-4-6-5-3-1/h3-4H,2,5-6H2,1H3;1-6H/b4-3+;. The number of benzene rings is 1. The van der Waals surface area contributed by atoms with Crippen molar-refractivity contribution in [1.82, 2.24) is 4.90 Å². The van der Waals surface area contributed by atoms with Crippen LogP contribution in [0.15, 0.2) is 48.6 Å². The second-order valence-electron chi connectivity index (χ2n) is 3.57. The Morgan fingerprint density at radius 1 is 1.28 bits per heavy atom. The number of allylic oxidation sites excluding steroid dienone is 1. The van der Waals surface area contributed by atoms with Crippen LogP contribution in [0.25, 0.3) is 0 Å². The molecule has 18 heavy (non-hydrogen) atoms. The van der Waals surface area contributed by atoms with E-state index in [9.17, 15) is 9.59 Å². The van der Waals surface area contributed by atoms with Gasteiger partial charge in [0.2, 0.25) is 0 Å². The van der Waals surface area contributed by atoms with Gasteiger partial charge in [-0.3, -0.25) is 4.79 Å². The highest BCUT2D eigenvalue weighted by Crippen LogP contribution is 2.03. The zero-order valence-electron chi connectivity index (χ0n) is 10.4. The molecule has 1 aliphatic rings. The Morgan fingerprint density at radius 3 is 2.22 bits per heavy atom. The summed E-state index contributed by atoms with van der Waals surface area (Å²) in [7, 11) is 0. The largest absolute Gasteiger partial charge is 0.447 e. The number of amides is 2. The zero-order chi connectivity index (χ0) is 13.2. The maximum Gasteiger partial charge on any atom is 0.416 e. The molecular formula is C14H17NO3. The third-order valence-electron chi connectivity index (χ3n) is 2.19. The number of imide groups is 1. The fourth-order valence-corrected chi connectivity index (χ4v) is 1.29. The normalized spacial score (nSPS) is 14.1. The van der Waals surface area contributed by atoms with Gasteiger partial charge in [-0.25, -0.2) is 9.69 Å². The van der Waals surface area contributed by atoms with Gasteiger partial charge in [-0.1, -0.05) is 49.4 Å². The van der Waals surface area contributed by atoms with Crippen LogP contribution in [0.4, 0.5) is 4.79 Å². The minimum absolute atomic E-state index is 0.292.